The summed E-state index contributed by atoms with van der Waals surface area (Å²) in [7, 11) is 0. The summed E-state index contributed by atoms with van der Waals surface area (Å²) in [5.74, 6) is -1.17. The molecule has 2 rings (SSSR count). The molecule has 0 aliphatic carbocycles. The molecule has 1 amide bonds. The van der Waals surface area contributed by atoms with Crippen LogP contribution in [0.15, 0.2) is 34.9 Å². The number of halogens is 1. The number of nitrogens with zero attached hydrogens (tertiary/aromatic N) is 3. The van der Waals surface area contributed by atoms with Crippen molar-refractivity contribution in [3.05, 3.63) is 46.2 Å². The van der Waals surface area contributed by atoms with Crippen molar-refractivity contribution in [2.24, 2.45) is 5.92 Å². The Balaban J connectivity index is 1.89. The normalized spacial score (nSPS) is 11.9. The van der Waals surface area contributed by atoms with Crippen LogP contribution in [0.5, 0.6) is 0 Å². The van der Waals surface area contributed by atoms with Crippen LogP contribution in [0.25, 0.3) is 0 Å². The maximum absolute atomic E-state index is 12.3. The van der Waals surface area contributed by atoms with Crippen LogP contribution in [-0.4, -0.2) is 32.0 Å². The Bertz CT molecular complexity index is 717. The second-order valence-corrected chi connectivity index (χ2v) is 6.37. The number of hydrogen-bond acceptors (Lipinski definition) is 4. The zero-order valence-electron chi connectivity index (χ0n) is 13.3. The number of carbonyl (C=O) groups excluding carboxylic acids is 1. The molecule has 7 nitrogen and oxygen atoms in total. The van der Waals surface area contributed by atoms with Crippen LogP contribution in [0, 0.1) is 5.92 Å². The van der Waals surface area contributed by atoms with E-state index in [-0.39, 0.29) is 24.9 Å². The van der Waals surface area contributed by atoms with E-state index < -0.39 is 5.97 Å². The minimum absolute atomic E-state index is 0.0507. The van der Waals surface area contributed by atoms with Gasteiger partial charge in [0, 0.05) is 10.4 Å². The van der Waals surface area contributed by atoms with Gasteiger partial charge in [0.15, 0.2) is 0 Å². The van der Waals surface area contributed by atoms with E-state index >= 15 is 0 Å². The molecule has 1 aromatic heterocycles. The van der Waals surface area contributed by atoms with Gasteiger partial charge in [-0.05, 0) is 30.5 Å². The van der Waals surface area contributed by atoms with Crippen LogP contribution < -0.4 is 5.32 Å². The molecule has 0 bridgehead atoms. The third-order valence-electron chi connectivity index (χ3n) is 3.56. The summed E-state index contributed by atoms with van der Waals surface area (Å²) in [6.45, 7) is 1.96. The van der Waals surface area contributed by atoms with Gasteiger partial charge in [-0.2, -0.15) is 0 Å². The van der Waals surface area contributed by atoms with Crippen molar-refractivity contribution in [1.82, 2.24) is 20.3 Å². The van der Waals surface area contributed by atoms with Gasteiger partial charge in [0.05, 0.1) is 12.7 Å². The Morgan fingerprint density at radius 3 is 2.88 bits per heavy atom. The number of aliphatic carboxylic acids is 1. The van der Waals surface area contributed by atoms with E-state index in [2.05, 4.69) is 31.6 Å². The molecule has 0 fully saturated rings. The first-order valence-electron chi connectivity index (χ1n) is 7.61. The SMILES string of the molecule is CCC(Cc1cccc(Br)c1)C(=O)NCc1cn(CC(=O)O)nn1. The highest BCUT2D eigenvalue weighted by Crippen LogP contribution is 2.17. The van der Waals surface area contributed by atoms with Gasteiger partial charge < -0.3 is 10.4 Å². The first-order chi connectivity index (χ1) is 11.5. The molecule has 24 heavy (non-hydrogen) atoms. The Labute approximate surface area is 148 Å². The Kier molecular flexibility index (Phi) is 6.48. The molecule has 0 radical (unpaired) electrons. The third kappa shape index (κ3) is 5.45. The van der Waals surface area contributed by atoms with Gasteiger partial charge in [-0.3, -0.25) is 9.59 Å². The van der Waals surface area contributed by atoms with Gasteiger partial charge >= 0.3 is 5.97 Å². The number of carboxylic acids is 1. The number of carbonyl (C=O) groups is 2. The number of rotatable bonds is 8. The second kappa shape index (κ2) is 8.58. The summed E-state index contributed by atoms with van der Waals surface area (Å²) in [5.41, 5.74) is 1.63. The van der Waals surface area contributed by atoms with E-state index in [1.165, 1.54) is 10.9 Å². The predicted molar refractivity (Wildman–Crippen MR) is 91.1 cm³/mol. The van der Waals surface area contributed by atoms with Gasteiger partial charge in [0.25, 0.3) is 0 Å². The van der Waals surface area contributed by atoms with Crippen molar-refractivity contribution in [2.45, 2.75) is 32.9 Å². The monoisotopic (exact) mass is 394 g/mol. The van der Waals surface area contributed by atoms with Gasteiger partial charge in [0.1, 0.15) is 12.2 Å². The number of amides is 1. The molecule has 0 spiro atoms. The summed E-state index contributed by atoms with van der Waals surface area (Å²) in [6.07, 6.45) is 2.90. The molecule has 1 unspecified atom stereocenters. The fourth-order valence-corrected chi connectivity index (χ4v) is 2.77. The van der Waals surface area contributed by atoms with Crippen molar-refractivity contribution < 1.29 is 14.7 Å². The van der Waals surface area contributed by atoms with Crippen molar-refractivity contribution in [3.63, 3.8) is 0 Å². The van der Waals surface area contributed by atoms with E-state index in [4.69, 9.17) is 5.11 Å². The number of hydrogen-bond donors (Lipinski definition) is 2. The standard InChI is InChI=1S/C16H19BrN4O3/c1-2-12(6-11-4-3-5-13(17)7-11)16(24)18-8-14-9-21(20-19-14)10-15(22)23/h3-5,7,9,12H,2,6,8,10H2,1H3,(H,18,24)(H,22,23). The molecule has 128 valence electrons. The second-order valence-electron chi connectivity index (χ2n) is 5.46. The molecule has 2 N–H and O–H groups in total. The Morgan fingerprint density at radius 1 is 1.42 bits per heavy atom. The van der Waals surface area contributed by atoms with Crippen molar-refractivity contribution in [3.8, 4) is 0 Å². The minimum Gasteiger partial charge on any atom is -0.480 e. The number of aromatic nitrogens is 3. The highest BCUT2D eigenvalue weighted by Gasteiger charge is 2.17. The topological polar surface area (TPSA) is 97.1 Å². The minimum atomic E-state index is -0.990. The largest absolute Gasteiger partial charge is 0.480 e. The molecule has 8 heteroatoms. The zero-order valence-corrected chi connectivity index (χ0v) is 14.9. The lowest BCUT2D eigenvalue weighted by Gasteiger charge is -2.14. The number of benzene rings is 1. The smallest absolute Gasteiger partial charge is 0.325 e. The molecule has 0 aliphatic rings. The van der Waals surface area contributed by atoms with Crippen molar-refractivity contribution in [2.75, 3.05) is 0 Å². The predicted octanol–water partition coefficient (Wildman–Crippen LogP) is 2.01. The lowest BCUT2D eigenvalue weighted by atomic mass is 9.96. The fraction of sp³-hybridized carbons (Fsp3) is 0.375. The summed E-state index contributed by atoms with van der Waals surface area (Å²) >= 11 is 3.43. The lowest BCUT2D eigenvalue weighted by Crippen LogP contribution is -2.31. The summed E-state index contributed by atoms with van der Waals surface area (Å²) < 4.78 is 2.22. The maximum atomic E-state index is 12.3. The van der Waals surface area contributed by atoms with Gasteiger partial charge in [0.2, 0.25) is 5.91 Å². The van der Waals surface area contributed by atoms with Crippen molar-refractivity contribution in [1.29, 1.82) is 0 Å². The molecular weight excluding hydrogens is 376 g/mol. The van der Waals surface area contributed by atoms with Crippen LogP contribution in [-0.2, 0) is 29.1 Å². The average molecular weight is 395 g/mol. The molecule has 1 atom stereocenters. The van der Waals surface area contributed by atoms with Crippen molar-refractivity contribution >= 4 is 27.8 Å². The molecule has 1 aromatic carbocycles. The quantitative estimate of drug-likeness (QED) is 0.713. The maximum Gasteiger partial charge on any atom is 0.325 e. The van der Waals surface area contributed by atoms with E-state index in [1.54, 1.807) is 0 Å². The van der Waals surface area contributed by atoms with Crippen LogP contribution in [0.2, 0.25) is 0 Å². The third-order valence-corrected chi connectivity index (χ3v) is 4.06. The highest BCUT2D eigenvalue weighted by molar-refractivity contribution is 9.10. The molecule has 0 aliphatic heterocycles. The van der Waals surface area contributed by atoms with E-state index in [0.29, 0.717) is 12.1 Å². The van der Waals surface area contributed by atoms with Crippen LogP contribution in [0.1, 0.15) is 24.6 Å². The first kappa shape index (κ1) is 18.1. The summed E-state index contributed by atoms with van der Waals surface area (Å²) in [4.78, 5) is 23.0. The number of carboxylic acid groups (broad SMARTS) is 1. The Hall–Kier alpha value is -2.22. The molecule has 2 aromatic rings. The average Bonchev–Trinajstić information content (AvgIpc) is 2.97. The first-order valence-corrected chi connectivity index (χ1v) is 8.40. The van der Waals surface area contributed by atoms with Crippen LogP contribution >= 0.6 is 15.9 Å². The van der Waals surface area contributed by atoms with Crippen LogP contribution in [0.4, 0.5) is 0 Å². The molecular formula is C16H19BrN4O3. The van der Waals surface area contributed by atoms with Gasteiger partial charge in [-0.1, -0.05) is 40.2 Å². The van der Waals surface area contributed by atoms with Crippen LogP contribution in [0.3, 0.4) is 0 Å². The lowest BCUT2D eigenvalue weighted by molar-refractivity contribution is -0.138. The molecule has 0 saturated carbocycles. The van der Waals surface area contributed by atoms with E-state index in [0.717, 1.165) is 16.5 Å². The van der Waals surface area contributed by atoms with E-state index in [1.807, 2.05) is 31.2 Å². The van der Waals surface area contributed by atoms with E-state index in [9.17, 15) is 9.59 Å². The molecule has 0 saturated heterocycles. The van der Waals surface area contributed by atoms with Gasteiger partial charge in [-0.25, -0.2) is 4.68 Å². The highest BCUT2D eigenvalue weighted by atomic mass is 79.9. The summed E-state index contributed by atoms with van der Waals surface area (Å²) in [6, 6.07) is 7.90. The fourth-order valence-electron chi connectivity index (χ4n) is 2.33. The number of nitrogens with one attached hydrogen (secondary N) is 1. The van der Waals surface area contributed by atoms with Gasteiger partial charge in [-0.15, -0.1) is 5.10 Å². The Morgan fingerprint density at radius 2 is 2.21 bits per heavy atom. The summed E-state index contributed by atoms with van der Waals surface area (Å²) in [5, 5.41) is 19.1. The zero-order chi connectivity index (χ0) is 17.5. The molecule has 1 heterocycles.